The molecular formula is C24H24ClN3O7S. The maximum atomic E-state index is 13.0. The van der Waals surface area contributed by atoms with Crippen LogP contribution in [0.4, 0.5) is 5.69 Å². The highest BCUT2D eigenvalue weighted by Crippen LogP contribution is 2.31. The van der Waals surface area contributed by atoms with Crippen LogP contribution in [0.5, 0.6) is 0 Å². The van der Waals surface area contributed by atoms with Crippen molar-refractivity contribution in [2.75, 3.05) is 38.2 Å². The van der Waals surface area contributed by atoms with Crippen molar-refractivity contribution in [1.82, 2.24) is 9.46 Å². The van der Waals surface area contributed by atoms with E-state index in [1.165, 1.54) is 16.4 Å². The number of nitrogens with one attached hydrogen (secondary N) is 1. The number of carbonyl (C=O) groups excluding carboxylic acids is 2. The van der Waals surface area contributed by atoms with Crippen LogP contribution in [-0.2, 0) is 24.3 Å². The number of halogens is 1. The Morgan fingerprint density at radius 3 is 2.58 bits per heavy atom. The molecule has 2 heterocycles. The molecule has 0 atom stereocenters. The summed E-state index contributed by atoms with van der Waals surface area (Å²) < 4.78 is 42.8. The summed E-state index contributed by atoms with van der Waals surface area (Å²) in [5.41, 5.74) is 1.70. The molecule has 0 saturated carbocycles. The van der Waals surface area contributed by atoms with Crippen LogP contribution in [0.15, 0.2) is 51.9 Å². The molecule has 1 saturated heterocycles. The molecule has 0 radical (unpaired) electrons. The molecule has 1 aliphatic heterocycles. The van der Waals surface area contributed by atoms with Gasteiger partial charge in [0, 0.05) is 24.3 Å². The van der Waals surface area contributed by atoms with Gasteiger partial charge in [-0.25, -0.2) is 13.2 Å². The fourth-order valence-corrected chi connectivity index (χ4v) is 5.33. The van der Waals surface area contributed by atoms with Crippen LogP contribution in [0.1, 0.15) is 21.7 Å². The number of hydrogen-bond donors (Lipinski definition) is 1. The predicted octanol–water partition coefficient (Wildman–Crippen LogP) is 3.43. The van der Waals surface area contributed by atoms with Gasteiger partial charge in [-0.1, -0.05) is 41.0 Å². The van der Waals surface area contributed by atoms with Gasteiger partial charge in [0.25, 0.3) is 5.91 Å². The Hall–Kier alpha value is -3.25. The maximum absolute atomic E-state index is 13.0. The molecule has 0 aliphatic carbocycles. The van der Waals surface area contributed by atoms with Crippen LogP contribution in [-0.4, -0.2) is 62.7 Å². The molecule has 0 unspecified atom stereocenters. The van der Waals surface area contributed by atoms with Crippen molar-refractivity contribution >= 4 is 39.2 Å². The Kier molecular flexibility index (Phi) is 7.74. The average Bonchev–Trinajstić information content (AvgIpc) is 3.25. The number of anilines is 1. The Morgan fingerprint density at radius 1 is 1.14 bits per heavy atom. The van der Waals surface area contributed by atoms with Gasteiger partial charge in [0.05, 0.1) is 23.1 Å². The lowest BCUT2D eigenvalue weighted by atomic mass is 10.1. The largest absolute Gasteiger partial charge is 0.452 e. The lowest BCUT2D eigenvalue weighted by Gasteiger charge is -2.26. The van der Waals surface area contributed by atoms with Crippen molar-refractivity contribution in [2.24, 2.45) is 0 Å². The topological polar surface area (TPSA) is 128 Å². The van der Waals surface area contributed by atoms with E-state index >= 15 is 0 Å². The second-order valence-electron chi connectivity index (χ2n) is 8.06. The zero-order valence-electron chi connectivity index (χ0n) is 19.6. The SMILES string of the molecule is Cc1ccc(S(=O)(=O)N2CCOCC2)cc1NC(=O)COC(=O)c1c(-c2ccccc2Cl)noc1C. The third-order valence-electron chi connectivity index (χ3n) is 5.62. The molecule has 4 rings (SSSR count). The van der Waals surface area contributed by atoms with Crippen molar-refractivity contribution in [3.8, 4) is 11.3 Å². The zero-order chi connectivity index (χ0) is 25.9. The number of morpholine rings is 1. The molecular weight excluding hydrogens is 510 g/mol. The molecule has 190 valence electrons. The molecule has 1 fully saturated rings. The van der Waals surface area contributed by atoms with Crippen molar-refractivity contribution in [2.45, 2.75) is 18.7 Å². The zero-order valence-corrected chi connectivity index (χ0v) is 21.2. The Bertz CT molecular complexity index is 1400. The van der Waals surface area contributed by atoms with Crippen molar-refractivity contribution in [1.29, 1.82) is 0 Å². The minimum absolute atomic E-state index is 0.0479. The Morgan fingerprint density at radius 2 is 1.86 bits per heavy atom. The second kappa shape index (κ2) is 10.8. The number of esters is 1. The molecule has 0 bridgehead atoms. The van der Waals surface area contributed by atoms with Gasteiger partial charge in [0.15, 0.2) is 6.61 Å². The fraction of sp³-hybridized carbons (Fsp3) is 0.292. The number of aryl methyl sites for hydroxylation is 2. The fourth-order valence-electron chi connectivity index (χ4n) is 3.67. The summed E-state index contributed by atoms with van der Waals surface area (Å²) in [4.78, 5) is 25.4. The monoisotopic (exact) mass is 533 g/mol. The Labute approximate surface area is 213 Å². The number of sulfonamides is 1. The number of hydrogen-bond acceptors (Lipinski definition) is 8. The van der Waals surface area contributed by atoms with Crippen molar-refractivity contribution < 1.29 is 32.0 Å². The van der Waals surface area contributed by atoms with Gasteiger partial charge < -0.3 is 19.3 Å². The van der Waals surface area contributed by atoms with E-state index < -0.39 is 28.5 Å². The van der Waals surface area contributed by atoms with Crippen LogP contribution in [0.25, 0.3) is 11.3 Å². The first-order chi connectivity index (χ1) is 17.2. The molecule has 0 spiro atoms. The number of carbonyl (C=O) groups is 2. The minimum atomic E-state index is -3.74. The summed E-state index contributed by atoms with van der Waals surface area (Å²) in [6.07, 6.45) is 0. The van der Waals surface area contributed by atoms with E-state index in [1.807, 2.05) is 0 Å². The van der Waals surface area contributed by atoms with Gasteiger partial charge >= 0.3 is 5.97 Å². The standard InChI is InChI=1S/C24H24ClN3O7S/c1-15-7-8-17(36(31,32)28-9-11-33-12-10-28)13-20(15)26-21(29)14-34-24(30)22-16(2)35-27-23(22)18-5-3-4-6-19(18)25/h3-8,13H,9-12,14H2,1-2H3,(H,26,29). The molecule has 3 aromatic rings. The molecule has 12 heteroatoms. The molecule has 1 aliphatic rings. The molecule has 1 N–H and O–H groups in total. The summed E-state index contributed by atoms with van der Waals surface area (Å²) in [5, 5.41) is 6.90. The number of benzene rings is 2. The molecule has 1 aromatic heterocycles. The van der Waals surface area contributed by atoms with E-state index in [1.54, 1.807) is 44.2 Å². The van der Waals surface area contributed by atoms with Crippen LogP contribution in [0, 0.1) is 13.8 Å². The van der Waals surface area contributed by atoms with Gasteiger partial charge in [0.1, 0.15) is 17.0 Å². The van der Waals surface area contributed by atoms with Crippen molar-refractivity contribution in [3.05, 3.63) is 64.4 Å². The van der Waals surface area contributed by atoms with E-state index in [0.717, 1.165) is 0 Å². The lowest BCUT2D eigenvalue weighted by molar-refractivity contribution is -0.119. The summed E-state index contributed by atoms with van der Waals surface area (Å²) in [5.74, 6) is -1.23. The number of amides is 1. The van der Waals surface area contributed by atoms with Crippen LogP contribution >= 0.6 is 11.6 Å². The summed E-state index contributed by atoms with van der Waals surface area (Å²) in [6.45, 7) is 3.83. The van der Waals surface area contributed by atoms with E-state index in [4.69, 9.17) is 25.6 Å². The smallest absolute Gasteiger partial charge is 0.344 e. The first kappa shape index (κ1) is 25.8. The summed E-state index contributed by atoms with van der Waals surface area (Å²) in [7, 11) is -3.74. The van der Waals surface area contributed by atoms with Gasteiger partial charge in [-0.3, -0.25) is 4.79 Å². The normalized spacial score (nSPS) is 14.4. The minimum Gasteiger partial charge on any atom is -0.452 e. The maximum Gasteiger partial charge on any atom is 0.344 e. The number of nitrogens with zero attached hydrogens (tertiary/aromatic N) is 2. The first-order valence-corrected chi connectivity index (χ1v) is 12.9. The second-order valence-corrected chi connectivity index (χ2v) is 10.4. The number of ether oxygens (including phenoxy) is 2. The highest BCUT2D eigenvalue weighted by atomic mass is 35.5. The molecule has 2 aromatic carbocycles. The first-order valence-electron chi connectivity index (χ1n) is 11.0. The summed E-state index contributed by atoms with van der Waals surface area (Å²) >= 11 is 6.22. The van der Waals surface area contributed by atoms with E-state index in [-0.39, 0.29) is 35.0 Å². The van der Waals surface area contributed by atoms with Crippen molar-refractivity contribution in [3.63, 3.8) is 0 Å². The van der Waals surface area contributed by atoms with Crippen LogP contribution in [0.2, 0.25) is 5.02 Å². The van der Waals surface area contributed by atoms with Gasteiger partial charge in [-0.15, -0.1) is 0 Å². The molecule has 36 heavy (non-hydrogen) atoms. The third kappa shape index (κ3) is 5.44. The average molecular weight is 534 g/mol. The highest BCUT2D eigenvalue weighted by molar-refractivity contribution is 7.89. The van der Waals surface area contributed by atoms with Crippen LogP contribution in [0.3, 0.4) is 0 Å². The van der Waals surface area contributed by atoms with E-state index in [9.17, 15) is 18.0 Å². The molecule has 10 nitrogen and oxygen atoms in total. The predicted molar refractivity (Wildman–Crippen MR) is 131 cm³/mol. The summed E-state index contributed by atoms with van der Waals surface area (Å²) in [6, 6.07) is 11.3. The van der Waals surface area contributed by atoms with E-state index in [2.05, 4.69) is 10.5 Å². The van der Waals surface area contributed by atoms with E-state index in [0.29, 0.717) is 35.1 Å². The quantitative estimate of drug-likeness (QED) is 0.457. The highest BCUT2D eigenvalue weighted by Gasteiger charge is 2.28. The number of rotatable bonds is 7. The van der Waals surface area contributed by atoms with Crippen LogP contribution < -0.4 is 5.32 Å². The lowest BCUT2D eigenvalue weighted by Crippen LogP contribution is -2.40. The third-order valence-corrected chi connectivity index (χ3v) is 7.85. The Balaban J connectivity index is 1.45. The van der Waals surface area contributed by atoms with Gasteiger partial charge in [-0.05, 0) is 37.6 Å². The van der Waals surface area contributed by atoms with Gasteiger partial charge in [0.2, 0.25) is 10.0 Å². The number of aromatic nitrogens is 1. The van der Waals surface area contributed by atoms with Gasteiger partial charge in [-0.2, -0.15) is 4.31 Å². The molecule has 1 amide bonds.